The van der Waals surface area contributed by atoms with Crippen molar-refractivity contribution >= 4 is 0 Å². The summed E-state index contributed by atoms with van der Waals surface area (Å²) in [5.74, 6) is -1.13. The third-order valence-corrected chi connectivity index (χ3v) is 7.69. The summed E-state index contributed by atoms with van der Waals surface area (Å²) in [7, 11) is 4.26. The molecule has 0 unspecified atom stereocenters. The molecule has 1 aliphatic carbocycles. The fourth-order valence-corrected chi connectivity index (χ4v) is 5.63. The van der Waals surface area contributed by atoms with Crippen molar-refractivity contribution < 1.29 is 59.4 Å². The Kier molecular flexibility index (Phi) is 9.07. The van der Waals surface area contributed by atoms with Crippen molar-refractivity contribution in [1.29, 1.82) is 0 Å². The van der Waals surface area contributed by atoms with Crippen molar-refractivity contribution in [3.8, 4) is 28.7 Å². The summed E-state index contributed by atoms with van der Waals surface area (Å²) in [6.07, 6.45) is -6.88. The smallest absolute Gasteiger partial charge is 0.201 e. The van der Waals surface area contributed by atoms with Crippen molar-refractivity contribution in [2.24, 2.45) is 11.8 Å². The van der Waals surface area contributed by atoms with Gasteiger partial charge in [0.15, 0.2) is 29.3 Å². The molecule has 2 aromatic rings. The number of hydrogen-bond acceptors (Lipinski definition) is 12. The molecule has 8 atom stereocenters. The van der Waals surface area contributed by atoms with Gasteiger partial charge >= 0.3 is 0 Å². The lowest BCUT2D eigenvalue weighted by molar-refractivity contribution is -0.304. The minimum absolute atomic E-state index is 0.0744. The lowest BCUT2D eigenvalue weighted by atomic mass is 9.66. The van der Waals surface area contributed by atoms with Gasteiger partial charge in [0, 0.05) is 18.1 Å². The Hall–Kier alpha value is -2.84. The van der Waals surface area contributed by atoms with Crippen LogP contribution in [0.3, 0.4) is 0 Å². The zero-order valence-electron chi connectivity index (χ0n) is 21.9. The molecule has 4 rings (SSSR count). The normalized spacial score (nSPS) is 30.5. The average Bonchev–Trinajstić information content (AvgIpc) is 2.95. The number of aromatic hydroxyl groups is 2. The second kappa shape index (κ2) is 12.1. The Bertz CT molecular complexity index is 1140. The predicted octanol–water partition coefficient (Wildman–Crippen LogP) is -0.147. The Morgan fingerprint density at radius 3 is 2.21 bits per heavy atom. The number of ether oxygens (including phenoxy) is 5. The molecule has 0 amide bonds. The van der Waals surface area contributed by atoms with Crippen LogP contribution in [0, 0.1) is 11.8 Å². The Morgan fingerprint density at radius 2 is 1.59 bits per heavy atom. The highest BCUT2D eigenvalue weighted by molar-refractivity contribution is 5.62. The maximum Gasteiger partial charge on any atom is 0.201 e. The number of hydrogen-bond donors (Lipinski definition) is 7. The number of methoxy groups -OCH3 is 3. The number of aliphatic hydroxyl groups is 5. The molecule has 2 aliphatic rings. The first-order valence-corrected chi connectivity index (χ1v) is 12.6. The van der Waals surface area contributed by atoms with E-state index >= 15 is 0 Å². The van der Waals surface area contributed by atoms with Gasteiger partial charge in [-0.3, -0.25) is 0 Å². The first-order valence-electron chi connectivity index (χ1n) is 12.6. The van der Waals surface area contributed by atoms with Gasteiger partial charge in [0.25, 0.3) is 0 Å². The molecular weight excluding hydrogens is 516 g/mol. The quantitative estimate of drug-likeness (QED) is 0.218. The van der Waals surface area contributed by atoms with Gasteiger partial charge in [-0.25, -0.2) is 0 Å². The largest absolute Gasteiger partial charge is 0.504 e. The van der Waals surface area contributed by atoms with Gasteiger partial charge in [0.05, 0.1) is 34.5 Å². The predicted molar refractivity (Wildman–Crippen MR) is 135 cm³/mol. The van der Waals surface area contributed by atoms with Crippen LogP contribution in [-0.2, 0) is 15.9 Å². The van der Waals surface area contributed by atoms with Crippen LogP contribution in [0.2, 0.25) is 0 Å². The van der Waals surface area contributed by atoms with Crippen LogP contribution in [0.25, 0.3) is 0 Å². The van der Waals surface area contributed by atoms with E-state index < -0.39 is 49.1 Å². The van der Waals surface area contributed by atoms with Gasteiger partial charge in [-0.15, -0.1) is 0 Å². The van der Waals surface area contributed by atoms with Gasteiger partial charge < -0.3 is 59.4 Å². The first-order chi connectivity index (χ1) is 18.7. The highest BCUT2D eigenvalue weighted by Gasteiger charge is 2.46. The third kappa shape index (κ3) is 5.33. The SMILES string of the molecule is COc1cc([C@@H]2c3c(cc(OC)c(O)c3OC)C[C@H](CO)[C@H]2CO[C@@H]2O[C@H](CO)[C@@H](O)[C@H](O)[C@H]2O)ccc1O. The molecule has 12 nitrogen and oxygen atoms in total. The second-order valence-corrected chi connectivity index (χ2v) is 9.78. The molecule has 0 radical (unpaired) electrons. The van der Waals surface area contributed by atoms with Crippen LogP contribution >= 0.6 is 0 Å². The van der Waals surface area contributed by atoms with Crippen molar-refractivity contribution in [2.75, 3.05) is 41.2 Å². The summed E-state index contributed by atoms with van der Waals surface area (Å²) < 4.78 is 27.8. The highest BCUT2D eigenvalue weighted by Crippen LogP contribution is 2.53. The van der Waals surface area contributed by atoms with E-state index in [1.165, 1.54) is 27.4 Å². The molecule has 1 saturated heterocycles. The van der Waals surface area contributed by atoms with Gasteiger partial charge in [-0.1, -0.05) is 6.07 Å². The van der Waals surface area contributed by atoms with E-state index in [-0.39, 0.29) is 47.9 Å². The summed E-state index contributed by atoms with van der Waals surface area (Å²) in [5.41, 5.74) is 2.05. The molecule has 1 heterocycles. The molecule has 0 spiro atoms. The minimum Gasteiger partial charge on any atom is -0.504 e. The molecular formula is C27H36O12. The van der Waals surface area contributed by atoms with E-state index in [1.807, 2.05) is 0 Å². The van der Waals surface area contributed by atoms with Crippen molar-refractivity contribution in [3.63, 3.8) is 0 Å². The monoisotopic (exact) mass is 552 g/mol. The molecule has 39 heavy (non-hydrogen) atoms. The molecule has 1 aliphatic heterocycles. The zero-order chi connectivity index (χ0) is 28.4. The number of benzene rings is 2. The number of phenols is 2. The standard InChI is InChI=1S/C27H36O12/c1-35-17-7-12(4-5-16(17)30)20-15(11-38-27-25(34)24(33)22(31)19(10-29)39-27)14(9-28)6-13-8-18(36-2)23(32)26(37-3)21(13)20/h4-5,7-8,14-15,19-20,22,24-25,27-34H,6,9-11H2,1-3H3/t14-,15-,19-,20+,22-,24+,25-,27-/m1/s1. The second-order valence-electron chi connectivity index (χ2n) is 9.78. The van der Waals surface area contributed by atoms with Crippen LogP contribution in [0.15, 0.2) is 24.3 Å². The molecule has 0 saturated carbocycles. The zero-order valence-corrected chi connectivity index (χ0v) is 21.9. The highest BCUT2D eigenvalue weighted by atomic mass is 16.7. The van der Waals surface area contributed by atoms with E-state index in [1.54, 1.807) is 18.2 Å². The van der Waals surface area contributed by atoms with E-state index in [2.05, 4.69) is 0 Å². The maximum atomic E-state index is 10.9. The van der Waals surface area contributed by atoms with Crippen LogP contribution in [-0.4, -0.2) is 108 Å². The first kappa shape index (κ1) is 29.2. The fourth-order valence-electron chi connectivity index (χ4n) is 5.63. The molecule has 7 N–H and O–H groups in total. The molecule has 216 valence electrons. The van der Waals surface area contributed by atoms with E-state index in [9.17, 15) is 35.7 Å². The van der Waals surface area contributed by atoms with Crippen LogP contribution < -0.4 is 14.2 Å². The van der Waals surface area contributed by atoms with Crippen LogP contribution in [0.5, 0.6) is 28.7 Å². The number of phenolic OH excluding ortho intramolecular Hbond substituents is 2. The van der Waals surface area contributed by atoms with Gasteiger partial charge in [-0.2, -0.15) is 0 Å². The average molecular weight is 553 g/mol. The van der Waals surface area contributed by atoms with Crippen molar-refractivity contribution in [3.05, 3.63) is 41.0 Å². The fraction of sp³-hybridized carbons (Fsp3) is 0.556. The summed E-state index contributed by atoms with van der Waals surface area (Å²) in [5, 5.41) is 71.9. The Labute approximate surface area is 225 Å². The van der Waals surface area contributed by atoms with E-state index in [0.717, 1.165) is 5.56 Å². The molecule has 12 heteroatoms. The maximum absolute atomic E-state index is 10.9. The number of fused-ring (bicyclic) bond motifs is 1. The van der Waals surface area contributed by atoms with Gasteiger partial charge in [0.1, 0.15) is 24.4 Å². The lowest BCUT2D eigenvalue weighted by Gasteiger charge is -2.43. The summed E-state index contributed by atoms with van der Waals surface area (Å²) in [6, 6.07) is 6.50. The molecule has 1 fully saturated rings. The van der Waals surface area contributed by atoms with Gasteiger partial charge in [0.2, 0.25) is 5.75 Å². The lowest BCUT2D eigenvalue weighted by Crippen LogP contribution is -2.59. The van der Waals surface area contributed by atoms with Crippen LogP contribution in [0.1, 0.15) is 22.6 Å². The third-order valence-electron chi connectivity index (χ3n) is 7.69. The van der Waals surface area contributed by atoms with E-state index in [0.29, 0.717) is 17.5 Å². The van der Waals surface area contributed by atoms with Crippen LogP contribution in [0.4, 0.5) is 0 Å². The van der Waals surface area contributed by atoms with Crippen molar-refractivity contribution in [1.82, 2.24) is 0 Å². The van der Waals surface area contributed by atoms with Gasteiger partial charge in [-0.05, 0) is 47.6 Å². The summed E-state index contributed by atoms with van der Waals surface area (Å²) in [6.45, 7) is -0.939. The topological polar surface area (TPSA) is 188 Å². The molecule has 2 aromatic carbocycles. The van der Waals surface area contributed by atoms with E-state index in [4.69, 9.17) is 23.7 Å². The summed E-state index contributed by atoms with van der Waals surface area (Å²) >= 11 is 0. The number of aliphatic hydroxyl groups excluding tert-OH is 5. The minimum atomic E-state index is -1.61. The Balaban J connectivity index is 1.80. The molecule has 0 bridgehead atoms. The van der Waals surface area contributed by atoms with Crippen molar-refractivity contribution in [2.45, 2.75) is 43.0 Å². The summed E-state index contributed by atoms with van der Waals surface area (Å²) in [4.78, 5) is 0. The molecule has 0 aromatic heterocycles. The number of rotatable bonds is 9. The Morgan fingerprint density at radius 1 is 0.872 bits per heavy atom.